The maximum absolute atomic E-state index is 11.5. The van der Waals surface area contributed by atoms with Crippen molar-refractivity contribution in [3.05, 3.63) is 52.0 Å². The number of hydrogen-bond acceptors (Lipinski definition) is 5. The Morgan fingerprint density at radius 2 is 2.35 bits per heavy atom. The molecule has 0 aromatic carbocycles. The van der Waals surface area contributed by atoms with Crippen LogP contribution in [0.5, 0.6) is 0 Å². The van der Waals surface area contributed by atoms with Crippen LogP contribution < -0.4 is 5.32 Å². The fraction of sp³-hybridized carbons (Fsp3) is 0.333. The first kappa shape index (κ1) is 14.7. The minimum atomic E-state index is -0.209. The van der Waals surface area contributed by atoms with Crippen molar-refractivity contribution in [1.82, 2.24) is 10.3 Å². The van der Waals surface area contributed by atoms with Crippen LogP contribution in [0.1, 0.15) is 28.5 Å². The number of esters is 1. The van der Waals surface area contributed by atoms with Gasteiger partial charge in [-0.1, -0.05) is 6.07 Å². The molecule has 0 spiro atoms. The number of pyridine rings is 1. The topological polar surface area (TPSA) is 51.2 Å². The fourth-order valence-corrected chi connectivity index (χ4v) is 2.73. The molecule has 1 atom stereocenters. The Morgan fingerprint density at radius 1 is 1.50 bits per heavy atom. The first-order valence-electron chi connectivity index (χ1n) is 6.44. The second-order valence-electron chi connectivity index (χ2n) is 4.53. The number of nitrogens with one attached hydrogen (secondary N) is 1. The van der Waals surface area contributed by atoms with Crippen molar-refractivity contribution in [1.29, 1.82) is 0 Å². The van der Waals surface area contributed by atoms with Gasteiger partial charge in [-0.3, -0.25) is 9.78 Å². The number of thiophene rings is 1. The van der Waals surface area contributed by atoms with Crippen molar-refractivity contribution in [2.45, 2.75) is 25.9 Å². The highest BCUT2D eigenvalue weighted by molar-refractivity contribution is 7.10. The van der Waals surface area contributed by atoms with Crippen molar-refractivity contribution in [3.8, 4) is 0 Å². The van der Waals surface area contributed by atoms with Gasteiger partial charge in [0.1, 0.15) is 0 Å². The molecule has 5 heteroatoms. The predicted molar refractivity (Wildman–Crippen MR) is 79.5 cm³/mol. The molecule has 2 aromatic heterocycles. The summed E-state index contributed by atoms with van der Waals surface area (Å²) in [6.07, 6.45) is 3.96. The molecule has 1 unspecified atom stereocenters. The molecule has 2 heterocycles. The van der Waals surface area contributed by atoms with Crippen molar-refractivity contribution in [2.75, 3.05) is 7.11 Å². The molecule has 0 radical (unpaired) electrons. The molecule has 0 saturated carbocycles. The van der Waals surface area contributed by atoms with Crippen LogP contribution in [0.3, 0.4) is 0 Å². The van der Waals surface area contributed by atoms with E-state index >= 15 is 0 Å². The number of hydrogen-bond donors (Lipinski definition) is 1. The molecule has 4 nitrogen and oxygen atoms in total. The van der Waals surface area contributed by atoms with E-state index in [9.17, 15) is 4.79 Å². The number of rotatable bonds is 6. The van der Waals surface area contributed by atoms with E-state index in [0.29, 0.717) is 13.0 Å². The van der Waals surface area contributed by atoms with E-state index in [0.717, 1.165) is 10.4 Å². The molecular formula is C15H18N2O2S. The van der Waals surface area contributed by atoms with Crippen LogP contribution in [-0.4, -0.2) is 18.1 Å². The van der Waals surface area contributed by atoms with E-state index in [-0.39, 0.29) is 12.0 Å². The van der Waals surface area contributed by atoms with Crippen LogP contribution in [-0.2, 0) is 16.1 Å². The minimum Gasteiger partial charge on any atom is -0.469 e. The van der Waals surface area contributed by atoms with E-state index in [4.69, 9.17) is 4.74 Å². The van der Waals surface area contributed by atoms with E-state index in [1.807, 2.05) is 29.8 Å². The van der Waals surface area contributed by atoms with E-state index < -0.39 is 0 Å². The summed E-state index contributed by atoms with van der Waals surface area (Å²) in [5.41, 5.74) is 2.33. The number of aryl methyl sites for hydroxylation is 1. The number of carbonyl (C=O) groups excluding carboxylic acids is 1. The second kappa shape index (κ2) is 7.17. The van der Waals surface area contributed by atoms with Crippen LogP contribution in [0.15, 0.2) is 36.0 Å². The van der Waals surface area contributed by atoms with Gasteiger partial charge in [0.05, 0.1) is 19.6 Å². The summed E-state index contributed by atoms with van der Waals surface area (Å²) in [6, 6.07) is 5.97. The number of ether oxygens (including phenoxy) is 1. The number of methoxy groups -OCH3 is 1. The molecule has 0 aliphatic heterocycles. The number of carbonyl (C=O) groups is 1. The maximum Gasteiger partial charge on any atom is 0.307 e. The Balaban J connectivity index is 2.05. The van der Waals surface area contributed by atoms with Crippen LogP contribution >= 0.6 is 11.3 Å². The van der Waals surface area contributed by atoms with Gasteiger partial charge in [-0.15, -0.1) is 11.3 Å². The third-order valence-electron chi connectivity index (χ3n) is 3.17. The zero-order chi connectivity index (χ0) is 14.4. The summed E-state index contributed by atoms with van der Waals surface area (Å²) in [5, 5.41) is 5.42. The fourth-order valence-electron chi connectivity index (χ4n) is 1.93. The highest BCUT2D eigenvalue weighted by Gasteiger charge is 2.17. The highest BCUT2D eigenvalue weighted by atomic mass is 32.1. The summed E-state index contributed by atoms with van der Waals surface area (Å²) < 4.78 is 4.77. The van der Waals surface area contributed by atoms with Crippen molar-refractivity contribution >= 4 is 17.3 Å². The van der Waals surface area contributed by atoms with Gasteiger partial charge in [-0.2, -0.15) is 0 Å². The summed E-state index contributed by atoms with van der Waals surface area (Å²) in [6.45, 7) is 2.73. The Kier molecular flexibility index (Phi) is 5.26. The molecule has 0 fully saturated rings. The molecule has 1 N–H and O–H groups in total. The summed E-state index contributed by atoms with van der Waals surface area (Å²) in [4.78, 5) is 16.8. The summed E-state index contributed by atoms with van der Waals surface area (Å²) >= 11 is 1.64. The highest BCUT2D eigenvalue weighted by Crippen LogP contribution is 2.23. The third-order valence-corrected chi connectivity index (χ3v) is 4.16. The van der Waals surface area contributed by atoms with Gasteiger partial charge >= 0.3 is 5.97 Å². The van der Waals surface area contributed by atoms with Crippen molar-refractivity contribution < 1.29 is 9.53 Å². The first-order valence-corrected chi connectivity index (χ1v) is 7.31. The zero-order valence-corrected chi connectivity index (χ0v) is 12.4. The minimum absolute atomic E-state index is 0.0259. The molecule has 2 aromatic rings. The normalized spacial score (nSPS) is 12.1. The van der Waals surface area contributed by atoms with E-state index in [2.05, 4.69) is 17.2 Å². The average Bonchev–Trinajstić information content (AvgIpc) is 2.98. The van der Waals surface area contributed by atoms with Gasteiger partial charge in [0.2, 0.25) is 0 Å². The predicted octanol–water partition coefficient (Wildman–Crippen LogP) is 2.85. The van der Waals surface area contributed by atoms with Crippen LogP contribution in [0.25, 0.3) is 0 Å². The summed E-state index contributed by atoms with van der Waals surface area (Å²) in [5.74, 6) is -0.209. The lowest BCUT2D eigenvalue weighted by molar-refractivity contribution is -0.141. The molecule has 0 aliphatic carbocycles. The average molecular weight is 290 g/mol. The van der Waals surface area contributed by atoms with Gasteiger partial charge in [0, 0.05) is 23.8 Å². The molecule has 0 bridgehead atoms. The third kappa shape index (κ3) is 3.88. The van der Waals surface area contributed by atoms with Gasteiger partial charge in [0.15, 0.2) is 0 Å². The lowest BCUT2D eigenvalue weighted by Crippen LogP contribution is -2.23. The SMILES string of the molecule is COC(=O)CC(NCc1cnccc1C)c1cccs1. The van der Waals surface area contributed by atoms with Gasteiger partial charge in [-0.05, 0) is 35.6 Å². The van der Waals surface area contributed by atoms with Crippen LogP contribution in [0.2, 0.25) is 0 Å². The molecule has 106 valence electrons. The molecule has 2 rings (SSSR count). The standard InChI is InChI=1S/C15H18N2O2S/c1-11-5-6-16-9-12(11)10-17-13(8-15(18)19-2)14-4-3-7-20-14/h3-7,9,13,17H,8,10H2,1-2H3. The molecule has 0 saturated heterocycles. The first-order chi connectivity index (χ1) is 9.70. The van der Waals surface area contributed by atoms with Crippen LogP contribution in [0.4, 0.5) is 0 Å². The number of nitrogens with zero attached hydrogens (tertiary/aromatic N) is 1. The smallest absolute Gasteiger partial charge is 0.307 e. The Bertz CT molecular complexity index is 555. The monoisotopic (exact) mass is 290 g/mol. The Hall–Kier alpha value is -1.72. The van der Waals surface area contributed by atoms with Crippen molar-refractivity contribution in [3.63, 3.8) is 0 Å². The molecule has 20 heavy (non-hydrogen) atoms. The molecule has 0 aliphatic rings. The van der Waals surface area contributed by atoms with E-state index in [1.54, 1.807) is 17.5 Å². The number of aromatic nitrogens is 1. The second-order valence-corrected chi connectivity index (χ2v) is 5.51. The molecule has 0 amide bonds. The quantitative estimate of drug-likeness (QED) is 0.831. The van der Waals surface area contributed by atoms with E-state index in [1.165, 1.54) is 12.7 Å². The summed E-state index contributed by atoms with van der Waals surface area (Å²) in [7, 11) is 1.42. The van der Waals surface area contributed by atoms with Crippen molar-refractivity contribution in [2.24, 2.45) is 0 Å². The Morgan fingerprint density at radius 3 is 3.00 bits per heavy atom. The maximum atomic E-state index is 11.5. The largest absolute Gasteiger partial charge is 0.469 e. The van der Waals surface area contributed by atoms with Gasteiger partial charge < -0.3 is 10.1 Å². The zero-order valence-electron chi connectivity index (χ0n) is 11.6. The Labute approximate surface area is 122 Å². The lowest BCUT2D eigenvalue weighted by atomic mass is 10.1. The van der Waals surface area contributed by atoms with Crippen LogP contribution in [0, 0.1) is 6.92 Å². The lowest BCUT2D eigenvalue weighted by Gasteiger charge is -2.17. The van der Waals surface area contributed by atoms with Gasteiger partial charge in [-0.25, -0.2) is 0 Å². The van der Waals surface area contributed by atoms with Gasteiger partial charge in [0.25, 0.3) is 0 Å². The molecular weight excluding hydrogens is 272 g/mol.